The predicted molar refractivity (Wildman–Crippen MR) is 86.9 cm³/mol. The van der Waals surface area contributed by atoms with Crippen LogP contribution in [0.2, 0.25) is 0 Å². The second-order valence-corrected chi connectivity index (χ2v) is 5.95. The summed E-state index contributed by atoms with van der Waals surface area (Å²) in [6, 6.07) is 11.4. The van der Waals surface area contributed by atoms with Gasteiger partial charge in [0.2, 0.25) is 0 Å². The van der Waals surface area contributed by atoms with E-state index in [2.05, 4.69) is 31.3 Å². The summed E-state index contributed by atoms with van der Waals surface area (Å²) >= 11 is 0. The zero-order valence-electron chi connectivity index (χ0n) is 13.2. The summed E-state index contributed by atoms with van der Waals surface area (Å²) < 4.78 is 18.8. The molecule has 2 aromatic carbocycles. The first-order valence-corrected chi connectivity index (χ1v) is 7.86. The molecule has 0 saturated carbocycles. The average Bonchev–Trinajstić information content (AvgIpc) is 2.53. The molecular weight excluding hydrogens is 277 g/mol. The maximum absolute atomic E-state index is 12.9. The maximum Gasteiger partial charge on any atom is 0.127 e. The lowest BCUT2D eigenvalue weighted by Gasteiger charge is -2.28. The van der Waals surface area contributed by atoms with Gasteiger partial charge in [-0.15, -0.1) is 0 Å². The van der Waals surface area contributed by atoms with Gasteiger partial charge in [-0.2, -0.15) is 0 Å². The fourth-order valence-electron chi connectivity index (χ4n) is 2.97. The molecule has 1 heterocycles. The van der Waals surface area contributed by atoms with E-state index >= 15 is 0 Å². The first-order valence-electron chi connectivity index (χ1n) is 7.86. The Morgan fingerprint density at radius 1 is 1.14 bits per heavy atom. The molecule has 0 saturated heterocycles. The molecule has 1 N–H and O–H groups in total. The van der Waals surface area contributed by atoms with E-state index < -0.39 is 0 Å². The molecule has 0 spiro atoms. The van der Waals surface area contributed by atoms with E-state index in [1.807, 2.05) is 12.1 Å². The lowest BCUT2D eigenvalue weighted by molar-refractivity contribution is 0.251. The van der Waals surface area contributed by atoms with Gasteiger partial charge in [0.1, 0.15) is 11.6 Å². The van der Waals surface area contributed by atoms with Crippen LogP contribution in [0, 0.1) is 19.7 Å². The van der Waals surface area contributed by atoms with E-state index in [4.69, 9.17) is 4.74 Å². The number of ether oxygens (including phenoxy) is 1. The van der Waals surface area contributed by atoms with Crippen molar-refractivity contribution >= 4 is 0 Å². The minimum atomic E-state index is -0.180. The van der Waals surface area contributed by atoms with Gasteiger partial charge in [-0.05, 0) is 55.6 Å². The zero-order chi connectivity index (χ0) is 15.5. The molecule has 1 atom stereocenters. The van der Waals surface area contributed by atoms with Gasteiger partial charge in [-0.1, -0.05) is 24.3 Å². The van der Waals surface area contributed by atoms with Crippen molar-refractivity contribution in [1.29, 1.82) is 0 Å². The monoisotopic (exact) mass is 299 g/mol. The number of rotatable bonds is 4. The third-order valence-corrected chi connectivity index (χ3v) is 4.45. The van der Waals surface area contributed by atoms with Crippen molar-refractivity contribution in [2.75, 3.05) is 13.2 Å². The van der Waals surface area contributed by atoms with Crippen LogP contribution in [0.5, 0.6) is 5.75 Å². The smallest absolute Gasteiger partial charge is 0.127 e. The van der Waals surface area contributed by atoms with Gasteiger partial charge in [0, 0.05) is 18.0 Å². The normalized spacial score (nSPS) is 17.0. The van der Waals surface area contributed by atoms with Crippen LogP contribution in [0.15, 0.2) is 36.4 Å². The summed E-state index contributed by atoms with van der Waals surface area (Å²) in [6.45, 7) is 5.87. The van der Waals surface area contributed by atoms with Gasteiger partial charge < -0.3 is 10.1 Å². The zero-order valence-corrected chi connectivity index (χ0v) is 13.2. The molecule has 0 aromatic heterocycles. The quantitative estimate of drug-likeness (QED) is 0.918. The summed E-state index contributed by atoms with van der Waals surface area (Å²) in [7, 11) is 0. The largest absolute Gasteiger partial charge is 0.493 e. The molecule has 0 aliphatic carbocycles. The highest BCUT2D eigenvalue weighted by molar-refractivity contribution is 5.47. The third-order valence-electron chi connectivity index (χ3n) is 4.45. The highest BCUT2D eigenvalue weighted by Gasteiger charge is 2.22. The molecule has 0 amide bonds. The van der Waals surface area contributed by atoms with E-state index in [1.165, 1.54) is 28.8 Å². The van der Waals surface area contributed by atoms with E-state index in [0.29, 0.717) is 6.04 Å². The number of nitrogens with one attached hydrogen (secondary N) is 1. The van der Waals surface area contributed by atoms with Crippen LogP contribution in [-0.2, 0) is 6.42 Å². The van der Waals surface area contributed by atoms with E-state index in [1.54, 1.807) is 0 Å². The highest BCUT2D eigenvalue weighted by atomic mass is 19.1. The van der Waals surface area contributed by atoms with Crippen LogP contribution < -0.4 is 10.1 Å². The van der Waals surface area contributed by atoms with Crippen molar-refractivity contribution in [2.24, 2.45) is 0 Å². The summed E-state index contributed by atoms with van der Waals surface area (Å²) in [5.41, 5.74) is 4.92. The van der Waals surface area contributed by atoms with Crippen molar-refractivity contribution < 1.29 is 9.13 Å². The maximum atomic E-state index is 12.9. The highest BCUT2D eigenvalue weighted by Crippen LogP contribution is 2.36. The van der Waals surface area contributed by atoms with Gasteiger partial charge in [-0.25, -0.2) is 4.39 Å². The summed E-state index contributed by atoms with van der Waals surface area (Å²) in [5.74, 6) is 0.867. The lowest BCUT2D eigenvalue weighted by atomic mass is 9.95. The number of aryl methyl sites for hydroxylation is 1. The molecule has 2 nitrogen and oxygen atoms in total. The van der Waals surface area contributed by atoms with Crippen molar-refractivity contribution in [3.05, 3.63) is 64.5 Å². The third kappa shape index (κ3) is 3.14. The molecule has 1 aliphatic rings. The number of halogens is 1. The van der Waals surface area contributed by atoms with Gasteiger partial charge in [0.25, 0.3) is 0 Å². The molecule has 116 valence electrons. The number of hydrogen-bond acceptors (Lipinski definition) is 2. The number of benzene rings is 2. The fourth-order valence-corrected chi connectivity index (χ4v) is 2.97. The molecule has 0 radical (unpaired) electrons. The second-order valence-electron chi connectivity index (χ2n) is 5.95. The molecule has 1 unspecified atom stereocenters. The van der Waals surface area contributed by atoms with Crippen LogP contribution in [0.25, 0.3) is 0 Å². The lowest BCUT2D eigenvalue weighted by Crippen LogP contribution is -2.29. The van der Waals surface area contributed by atoms with Gasteiger partial charge in [0.05, 0.1) is 6.61 Å². The molecule has 3 rings (SSSR count). The Labute approximate surface area is 131 Å². The molecule has 3 heteroatoms. The molecular formula is C19H22FNO. The first kappa shape index (κ1) is 15.0. The van der Waals surface area contributed by atoms with Crippen LogP contribution in [-0.4, -0.2) is 13.2 Å². The number of fused-ring (bicyclic) bond motifs is 1. The van der Waals surface area contributed by atoms with Gasteiger partial charge in [-0.3, -0.25) is 0 Å². The van der Waals surface area contributed by atoms with Gasteiger partial charge in [0.15, 0.2) is 0 Å². The molecule has 22 heavy (non-hydrogen) atoms. The van der Waals surface area contributed by atoms with Crippen molar-refractivity contribution in [2.45, 2.75) is 32.7 Å². The van der Waals surface area contributed by atoms with Crippen LogP contribution >= 0.6 is 0 Å². The Morgan fingerprint density at radius 3 is 2.68 bits per heavy atom. The fraction of sp³-hybridized carbons (Fsp3) is 0.368. The van der Waals surface area contributed by atoms with E-state index in [9.17, 15) is 4.39 Å². The standard InChI is InChI=1S/C19H22FNO/c1-13-3-8-17-18(10-12-22-19(17)14(13)2)21-11-9-15-4-6-16(20)7-5-15/h3-8,18,21H,9-12H2,1-2H3. The first-order chi connectivity index (χ1) is 10.6. The Kier molecular flexibility index (Phi) is 4.44. The summed E-state index contributed by atoms with van der Waals surface area (Å²) in [5, 5.41) is 3.61. The van der Waals surface area contributed by atoms with E-state index in [0.717, 1.165) is 37.3 Å². The second kappa shape index (κ2) is 6.49. The molecule has 1 aliphatic heterocycles. The van der Waals surface area contributed by atoms with E-state index in [-0.39, 0.29) is 5.82 Å². The van der Waals surface area contributed by atoms with Crippen LogP contribution in [0.3, 0.4) is 0 Å². The SMILES string of the molecule is Cc1ccc2c(c1C)OCCC2NCCc1ccc(F)cc1. The Balaban J connectivity index is 1.65. The van der Waals surface area contributed by atoms with Crippen molar-refractivity contribution in [3.63, 3.8) is 0 Å². The Bertz CT molecular complexity index is 651. The molecule has 0 bridgehead atoms. The predicted octanol–water partition coefficient (Wildman–Crippen LogP) is 4.10. The van der Waals surface area contributed by atoms with Crippen LogP contribution in [0.4, 0.5) is 4.39 Å². The van der Waals surface area contributed by atoms with Crippen molar-refractivity contribution in [3.8, 4) is 5.75 Å². The number of hydrogen-bond donors (Lipinski definition) is 1. The Hall–Kier alpha value is -1.87. The summed E-state index contributed by atoms with van der Waals surface area (Å²) in [6.07, 6.45) is 1.89. The Morgan fingerprint density at radius 2 is 1.91 bits per heavy atom. The minimum Gasteiger partial charge on any atom is -0.493 e. The molecule has 2 aromatic rings. The summed E-state index contributed by atoms with van der Waals surface area (Å²) in [4.78, 5) is 0. The molecule has 0 fully saturated rings. The van der Waals surface area contributed by atoms with Crippen molar-refractivity contribution in [1.82, 2.24) is 5.32 Å². The average molecular weight is 299 g/mol. The topological polar surface area (TPSA) is 21.3 Å². The van der Waals surface area contributed by atoms with Gasteiger partial charge >= 0.3 is 0 Å². The minimum absolute atomic E-state index is 0.180. The van der Waals surface area contributed by atoms with Crippen LogP contribution in [0.1, 0.15) is 34.7 Å².